The molecule has 18 heavy (non-hydrogen) atoms. The molecule has 0 fully saturated rings. The number of aliphatic hydroxyl groups excluding tert-OH is 1. The van der Waals surface area contributed by atoms with Gasteiger partial charge in [0.25, 0.3) is 0 Å². The van der Waals surface area contributed by atoms with Crippen molar-refractivity contribution < 1.29 is 5.11 Å². The molecule has 2 nitrogen and oxygen atoms in total. The minimum atomic E-state index is 0.169. The molecule has 2 N–H and O–H groups in total. The first-order chi connectivity index (χ1) is 8.61. The van der Waals surface area contributed by atoms with Gasteiger partial charge < -0.3 is 10.4 Å². The van der Waals surface area contributed by atoms with Crippen molar-refractivity contribution in [3.63, 3.8) is 0 Å². The van der Waals surface area contributed by atoms with Crippen LogP contribution in [0.25, 0.3) is 0 Å². The van der Waals surface area contributed by atoms with Crippen LogP contribution in [0.3, 0.4) is 0 Å². The molecule has 0 aromatic heterocycles. The Morgan fingerprint density at radius 3 is 2.33 bits per heavy atom. The summed E-state index contributed by atoms with van der Waals surface area (Å²) in [6, 6.07) is 10.5. The molecule has 0 spiro atoms. The lowest BCUT2D eigenvalue weighted by atomic mass is 9.98. The minimum absolute atomic E-state index is 0.169. The highest BCUT2D eigenvalue weighted by Crippen LogP contribution is 2.10. The first-order valence-corrected chi connectivity index (χ1v) is 7.00. The Labute approximate surface area is 111 Å². The van der Waals surface area contributed by atoms with Crippen molar-refractivity contribution in [1.82, 2.24) is 5.32 Å². The molecule has 0 aliphatic carbocycles. The Hall–Kier alpha value is -0.860. The van der Waals surface area contributed by atoms with Crippen LogP contribution < -0.4 is 5.32 Å². The van der Waals surface area contributed by atoms with E-state index in [2.05, 4.69) is 38.2 Å². The van der Waals surface area contributed by atoms with E-state index in [0.717, 1.165) is 18.9 Å². The van der Waals surface area contributed by atoms with Crippen molar-refractivity contribution in [3.05, 3.63) is 35.9 Å². The topological polar surface area (TPSA) is 32.3 Å². The zero-order valence-electron chi connectivity index (χ0n) is 11.9. The number of benzene rings is 1. The molecule has 0 saturated carbocycles. The van der Waals surface area contributed by atoms with E-state index in [1.165, 1.54) is 12.0 Å². The largest absolute Gasteiger partial charge is 0.395 e. The second kappa shape index (κ2) is 8.28. The van der Waals surface area contributed by atoms with Crippen molar-refractivity contribution in [1.29, 1.82) is 0 Å². The summed E-state index contributed by atoms with van der Waals surface area (Å²) in [4.78, 5) is 0. The summed E-state index contributed by atoms with van der Waals surface area (Å²) < 4.78 is 0. The van der Waals surface area contributed by atoms with Crippen molar-refractivity contribution in [2.45, 2.75) is 39.7 Å². The monoisotopic (exact) mass is 249 g/mol. The molecule has 0 amide bonds. The fraction of sp³-hybridized carbons (Fsp3) is 0.625. The minimum Gasteiger partial charge on any atom is -0.395 e. The molecule has 0 aliphatic rings. The molecular formula is C16H27NO. The Bertz CT molecular complexity index is 310. The van der Waals surface area contributed by atoms with Gasteiger partial charge in [0.15, 0.2) is 0 Å². The maximum atomic E-state index is 9.42. The van der Waals surface area contributed by atoms with Crippen LogP contribution in [0, 0.1) is 11.8 Å². The van der Waals surface area contributed by atoms with Crippen molar-refractivity contribution >= 4 is 0 Å². The standard InChI is InChI=1S/C16H27NO/c1-13(2)9-14(3)11-17-16(12-18)10-15-7-5-4-6-8-15/h4-8,13-14,16-18H,9-12H2,1-3H3. The molecule has 2 atom stereocenters. The SMILES string of the molecule is CC(C)CC(C)CNC(CO)Cc1ccccc1. The van der Waals surface area contributed by atoms with Gasteiger partial charge in [-0.05, 0) is 36.8 Å². The van der Waals surface area contributed by atoms with E-state index >= 15 is 0 Å². The first kappa shape index (κ1) is 15.2. The van der Waals surface area contributed by atoms with Crippen LogP contribution in [0.4, 0.5) is 0 Å². The van der Waals surface area contributed by atoms with Crippen LogP contribution in [0.1, 0.15) is 32.8 Å². The third kappa shape index (κ3) is 6.18. The van der Waals surface area contributed by atoms with Gasteiger partial charge in [-0.25, -0.2) is 0 Å². The van der Waals surface area contributed by atoms with E-state index in [0.29, 0.717) is 5.92 Å². The molecule has 0 radical (unpaired) electrons. The fourth-order valence-electron chi connectivity index (χ4n) is 2.36. The number of hydrogen-bond donors (Lipinski definition) is 2. The van der Waals surface area contributed by atoms with Crippen LogP contribution in [-0.2, 0) is 6.42 Å². The van der Waals surface area contributed by atoms with Gasteiger partial charge in [0.05, 0.1) is 6.61 Å². The van der Waals surface area contributed by atoms with Gasteiger partial charge in [0, 0.05) is 6.04 Å². The van der Waals surface area contributed by atoms with Gasteiger partial charge in [0.1, 0.15) is 0 Å². The molecular weight excluding hydrogens is 222 g/mol. The van der Waals surface area contributed by atoms with E-state index in [1.54, 1.807) is 0 Å². The highest BCUT2D eigenvalue weighted by Gasteiger charge is 2.10. The maximum absolute atomic E-state index is 9.42. The van der Waals surface area contributed by atoms with E-state index in [1.807, 2.05) is 18.2 Å². The lowest BCUT2D eigenvalue weighted by molar-refractivity contribution is 0.234. The molecule has 0 bridgehead atoms. The quantitative estimate of drug-likeness (QED) is 0.742. The molecule has 1 aromatic rings. The van der Waals surface area contributed by atoms with Crippen molar-refractivity contribution in [2.75, 3.05) is 13.2 Å². The van der Waals surface area contributed by atoms with E-state index < -0.39 is 0 Å². The lowest BCUT2D eigenvalue weighted by Gasteiger charge is -2.20. The van der Waals surface area contributed by atoms with Crippen molar-refractivity contribution in [2.24, 2.45) is 11.8 Å². The summed E-state index contributed by atoms with van der Waals surface area (Å²) in [6.07, 6.45) is 2.13. The lowest BCUT2D eigenvalue weighted by Crippen LogP contribution is -2.37. The number of nitrogens with one attached hydrogen (secondary N) is 1. The zero-order chi connectivity index (χ0) is 13.4. The van der Waals surface area contributed by atoms with Gasteiger partial charge in [-0.2, -0.15) is 0 Å². The highest BCUT2D eigenvalue weighted by molar-refractivity contribution is 5.15. The third-order valence-electron chi connectivity index (χ3n) is 3.17. The Morgan fingerprint density at radius 1 is 1.11 bits per heavy atom. The molecule has 2 unspecified atom stereocenters. The molecule has 1 rings (SSSR count). The Morgan fingerprint density at radius 2 is 1.78 bits per heavy atom. The molecule has 102 valence electrons. The van der Waals surface area contributed by atoms with Gasteiger partial charge >= 0.3 is 0 Å². The van der Waals surface area contributed by atoms with E-state index in [4.69, 9.17) is 0 Å². The van der Waals surface area contributed by atoms with Crippen molar-refractivity contribution in [3.8, 4) is 0 Å². The number of rotatable bonds is 8. The van der Waals surface area contributed by atoms with E-state index in [9.17, 15) is 5.11 Å². The zero-order valence-corrected chi connectivity index (χ0v) is 11.9. The van der Waals surface area contributed by atoms with Gasteiger partial charge in [-0.3, -0.25) is 0 Å². The summed E-state index contributed by atoms with van der Waals surface area (Å²) in [6.45, 7) is 7.96. The van der Waals surface area contributed by atoms with Crippen LogP contribution in [0.5, 0.6) is 0 Å². The second-order valence-corrected chi connectivity index (χ2v) is 5.71. The predicted octanol–water partition coefficient (Wildman–Crippen LogP) is 2.86. The van der Waals surface area contributed by atoms with E-state index in [-0.39, 0.29) is 12.6 Å². The van der Waals surface area contributed by atoms with Crippen LogP contribution in [0.15, 0.2) is 30.3 Å². The second-order valence-electron chi connectivity index (χ2n) is 5.71. The summed E-state index contributed by atoms with van der Waals surface area (Å²) >= 11 is 0. The van der Waals surface area contributed by atoms with Gasteiger partial charge in [-0.1, -0.05) is 51.1 Å². The third-order valence-corrected chi connectivity index (χ3v) is 3.17. The number of hydrogen-bond acceptors (Lipinski definition) is 2. The van der Waals surface area contributed by atoms with Crippen LogP contribution in [-0.4, -0.2) is 24.3 Å². The predicted molar refractivity (Wildman–Crippen MR) is 77.6 cm³/mol. The molecule has 2 heteroatoms. The Balaban J connectivity index is 2.34. The first-order valence-electron chi connectivity index (χ1n) is 7.00. The fourth-order valence-corrected chi connectivity index (χ4v) is 2.36. The van der Waals surface area contributed by atoms with Gasteiger partial charge in [-0.15, -0.1) is 0 Å². The molecule has 0 heterocycles. The smallest absolute Gasteiger partial charge is 0.0587 e. The summed E-state index contributed by atoms with van der Waals surface area (Å²) in [7, 11) is 0. The van der Waals surface area contributed by atoms with Gasteiger partial charge in [0.2, 0.25) is 0 Å². The number of aliphatic hydroxyl groups is 1. The molecule has 1 aromatic carbocycles. The Kier molecular flexibility index (Phi) is 6.99. The normalized spacial score (nSPS) is 14.7. The maximum Gasteiger partial charge on any atom is 0.0587 e. The highest BCUT2D eigenvalue weighted by atomic mass is 16.3. The summed E-state index contributed by atoms with van der Waals surface area (Å²) in [5.74, 6) is 1.40. The average molecular weight is 249 g/mol. The average Bonchev–Trinajstić information content (AvgIpc) is 2.35. The van der Waals surface area contributed by atoms with Crippen LogP contribution in [0.2, 0.25) is 0 Å². The summed E-state index contributed by atoms with van der Waals surface area (Å²) in [5.41, 5.74) is 1.28. The molecule has 0 saturated heterocycles. The summed E-state index contributed by atoms with van der Waals surface area (Å²) in [5, 5.41) is 12.9. The van der Waals surface area contributed by atoms with Crippen LogP contribution >= 0.6 is 0 Å². The molecule has 0 aliphatic heterocycles.